The van der Waals surface area contributed by atoms with Gasteiger partial charge in [-0.25, -0.2) is 8.42 Å². The van der Waals surface area contributed by atoms with Gasteiger partial charge in [0, 0.05) is 24.9 Å². The van der Waals surface area contributed by atoms with E-state index in [1.165, 1.54) is 0 Å². The Kier molecular flexibility index (Phi) is 5.15. The number of carbonyl (C=O) groups is 1. The second-order valence-corrected chi connectivity index (χ2v) is 9.82. The summed E-state index contributed by atoms with van der Waals surface area (Å²) in [6.45, 7) is 1.81. The molecule has 1 saturated heterocycles. The first-order chi connectivity index (χ1) is 15.0. The highest BCUT2D eigenvalue weighted by atomic mass is 32.2. The maximum atomic E-state index is 12.7. The van der Waals surface area contributed by atoms with E-state index in [1.54, 1.807) is 18.2 Å². The van der Waals surface area contributed by atoms with E-state index < -0.39 is 10.0 Å². The molecule has 3 heterocycles. The molecule has 0 bridgehead atoms. The number of fused-ring (bicyclic) bond motifs is 2. The second kappa shape index (κ2) is 7.97. The van der Waals surface area contributed by atoms with Gasteiger partial charge < -0.3 is 10.2 Å². The average Bonchev–Trinajstić information content (AvgIpc) is 3.20. The summed E-state index contributed by atoms with van der Waals surface area (Å²) in [5, 5.41) is 8.78. The van der Waals surface area contributed by atoms with Crippen LogP contribution in [0.3, 0.4) is 0 Å². The van der Waals surface area contributed by atoms with Crippen LogP contribution in [0, 0.1) is 5.92 Å². The van der Waals surface area contributed by atoms with Gasteiger partial charge in [-0.3, -0.25) is 9.48 Å². The van der Waals surface area contributed by atoms with E-state index in [1.807, 2.05) is 46.1 Å². The highest BCUT2D eigenvalue weighted by molar-refractivity contribution is 7.89. The van der Waals surface area contributed by atoms with Crippen LogP contribution in [0.1, 0.15) is 19.3 Å². The van der Waals surface area contributed by atoms with Crippen LogP contribution in [-0.4, -0.2) is 48.3 Å². The van der Waals surface area contributed by atoms with E-state index in [4.69, 9.17) is 0 Å². The molecule has 0 saturated carbocycles. The van der Waals surface area contributed by atoms with Crippen molar-refractivity contribution >= 4 is 32.5 Å². The summed E-state index contributed by atoms with van der Waals surface area (Å²) in [5.74, 6) is 0.239. The Labute approximate surface area is 181 Å². The number of nitrogens with one attached hydrogen (secondary N) is 2. The number of sulfonamides is 1. The second-order valence-electron chi connectivity index (χ2n) is 8.13. The number of amides is 1. The summed E-state index contributed by atoms with van der Waals surface area (Å²) >= 11 is 0. The van der Waals surface area contributed by atoms with Crippen LogP contribution >= 0.6 is 0 Å². The number of benzene rings is 2. The first-order valence-electron chi connectivity index (χ1n) is 10.6. The molecule has 2 aliphatic rings. The minimum atomic E-state index is -3.52. The Morgan fingerprint density at radius 3 is 2.65 bits per heavy atom. The number of carbonyl (C=O) groups excluding carboxylic acids is 1. The third-order valence-electron chi connectivity index (χ3n) is 6.22. The van der Waals surface area contributed by atoms with Gasteiger partial charge in [-0.05, 0) is 37.0 Å². The molecule has 5 rings (SSSR count). The quantitative estimate of drug-likeness (QED) is 0.651. The molecule has 1 atom stereocenters. The third kappa shape index (κ3) is 3.90. The molecule has 1 aromatic heterocycles. The molecule has 8 nitrogen and oxygen atoms in total. The lowest BCUT2D eigenvalue weighted by molar-refractivity contribution is -0.132. The normalized spacial score (nSPS) is 20.9. The molecule has 0 spiro atoms. The van der Waals surface area contributed by atoms with E-state index in [2.05, 4.69) is 15.1 Å². The molecule has 31 heavy (non-hydrogen) atoms. The monoisotopic (exact) mass is 439 g/mol. The molecule has 3 aromatic rings. The van der Waals surface area contributed by atoms with Crippen molar-refractivity contribution < 1.29 is 13.2 Å². The number of hydrogen-bond acceptors (Lipinski definition) is 5. The molecule has 2 N–H and O–H groups in total. The topological polar surface area (TPSA) is 96.3 Å². The van der Waals surface area contributed by atoms with E-state index in [-0.39, 0.29) is 22.9 Å². The smallest absolute Gasteiger partial charge is 0.244 e. The number of piperidine rings is 1. The molecule has 1 amide bonds. The Balaban J connectivity index is 1.17. The highest BCUT2D eigenvalue weighted by Crippen LogP contribution is 2.30. The van der Waals surface area contributed by atoms with Gasteiger partial charge in [-0.2, -0.15) is 9.82 Å². The molecule has 0 radical (unpaired) electrons. The molecule has 9 heteroatoms. The van der Waals surface area contributed by atoms with Gasteiger partial charge in [0.25, 0.3) is 0 Å². The predicted molar refractivity (Wildman–Crippen MR) is 118 cm³/mol. The van der Waals surface area contributed by atoms with Crippen molar-refractivity contribution in [2.45, 2.75) is 36.9 Å². The Morgan fingerprint density at radius 1 is 1.06 bits per heavy atom. The molecule has 1 fully saturated rings. The Hall–Kier alpha value is -2.91. The molecule has 2 aliphatic heterocycles. The lowest BCUT2D eigenvalue weighted by Crippen LogP contribution is -2.52. The van der Waals surface area contributed by atoms with Crippen LogP contribution < -0.4 is 10.0 Å². The lowest BCUT2D eigenvalue weighted by atomic mass is 9.93. The van der Waals surface area contributed by atoms with Crippen LogP contribution in [0.5, 0.6) is 0 Å². The van der Waals surface area contributed by atoms with Crippen molar-refractivity contribution in [2.24, 2.45) is 5.92 Å². The van der Waals surface area contributed by atoms with Gasteiger partial charge in [0.2, 0.25) is 15.9 Å². The van der Waals surface area contributed by atoms with E-state index in [9.17, 15) is 13.2 Å². The summed E-state index contributed by atoms with van der Waals surface area (Å²) in [7, 11) is -3.52. The molecule has 162 valence electrons. The number of aromatic nitrogens is 2. The van der Waals surface area contributed by atoms with E-state index >= 15 is 0 Å². The van der Waals surface area contributed by atoms with Gasteiger partial charge in [-0.15, -0.1) is 0 Å². The fourth-order valence-corrected chi connectivity index (χ4v) is 5.89. The van der Waals surface area contributed by atoms with Crippen LogP contribution in [0.2, 0.25) is 0 Å². The van der Waals surface area contributed by atoms with Crippen molar-refractivity contribution in [1.29, 1.82) is 0 Å². The molecular formula is C22H25N5O3S. The number of nitrogens with zero attached hydrogens (tertiary/aromatic N) is 3. The SMILES string of the molecule is O=C(CCn1ncc2ccccc21)N1CCC(C2Nc3ccccc3S(=O)(=O)N2)CC1. The van der Waals surface area contributed by atoms with Gasteiger partial charge in [0.05, 0.1) is 30.1 Å². The first-order valence-corrected chi connectivity index (χ1v) is 12.1. The van der Waals surface area contributed by atoms with Crippen molar-refractivity contribution in [3.63, 3.8) is 0 Å². The predicted octanol–water partition coefficient (Wildman–Crippen LogP) is 2.40. The Morgan fingerprint density at radius 2 is 1.81 bits per heavy atom. The maximum Gasteiger partial charge on any atom is 0.244 e. The summed E-state index contributed by atoms with van der Waals surface area (Å²) in [6, 6.07) is 14.9. The summed E-state index contributed by atoms with van der Waals surface area (Å²) < 4.78 is 29.8. The van der Waals surface area contributed by atoms with Crippen LogP contribution in [0.4, 0.5) is 5.69 Å². The fraction of sp³-hybridized carbons (Fsp3) is 0.364. The van der Waals surface area contributed by atoms with Gasteiger partial charge >= 0.3 is 0 Å². The number of anilines is 1. The zero-order valence-corrected chi connectivity index (χ0v) is 17.9. The van der Waals surface area contributed by atoms with E-state index in [0.717, 1.165) is 23.7 Å². The summed E-state index contributed by atoms with van der Waals surface area (Å²) in [6.07, 6.45) is 3.37. The molecular weight excluding hydrogens is 414 g/mol. The molecule has 1 unspecified atom stereocenters. The number of hydrogen-bond donors (Lipinski definition) is 2. The van der Waals surface area contributed by atoms with Crippen LogP contribution in [0.25, 0.3) is 10.9 Å². The summed E-state index contributed by atoms with van der Waals surface area (Å²) in [4.78, 5) is 14.9. The van der Waals surface area contributed by atoms with Crippen molar-refractivity contribution in [2.75, 3.05) is 18.4 Å². The number of likely N-dealkylation sites (tertiary alicyclic amines) is 1. The lowest BCUT2D eigenvalue weighted by Gasteiger charge is -2.39. The zero-order valence-electron chi connectivity index (χ0n) is 17.1. The fourth-order valence-electron chi connectivity index (χ4n) is 4.51. The number of para-hydroxylation sites is 2. The zero-order chi connectivity index (χ0) is 21.4. The maximum absolute atomic E-state index is 12.7. The van der Waals surface area contributed by atoms with Gasteiger partial charge in [0.15, 0.2) is 0 Å². The standard InChI is InChI=1S/C22H25N5O3S/c28-21(11-14-27-19-7-3-1-5-17(19)15-23-27)26-12-9-16(10-13-26)22-24-18-6-2-4-8-20(18)31(29,30)25-22/h1-8,15-16,22,24-25H,9-14H2. The van der Waals surface area contributed by atoms with Crippen LogP contribution in [0.15, 0.2) is 59.6 Å². The largest absolute Gasteiger partial charge is 0.368 e. The molecule has 2 aromatic carbocycles. The molecule has 0 aliphatic carbocycles. The summed E-state index contributed by atoms with van der Waals surface area (Å²) in [5.41, 5.74) is 1.67. The number of aryl methyl sites for hydroxylation is 1. The van der Waals surface area contributed by atoms with Gasteiger partial charge in [-0.1, -0.05) is 30.3 Å². The minimum Gasteiger partial charge on any atom is -0.368 e. The van der Waals surface area contributed by atoms with Gasteiger partial charge in [0.1, 0.15) is 4.90 Å². The highest BCUT2D eigenvalue weighted by Gasteiger charge is 2.35. The van der Waals surface area contributed by atoms with Crippen molar-refractivity contribution in [3.05, 3.63) is 54.7 Å². The van der Waals surface area contributed by atoms with Crippen molar-refractivity contribution in [1.82, 2.24) is 19.4 Å². The first kappa shape index (κ1) is 20.0. The van der Waals surface area contributed by atoms with E-state index in [0.29, 0.717) is 31.7 Å². The van der Waals surface area contributed by atoms with Crippen LogP contribution in [-0.2, 0) is 21.4 Å². The minimum absolute atomic E-state index is 0.112. The Bertz CT molecular complexity index is 1210. The average molecular weight is 440 g/mol. The number of rotatable bonds is 4. The third-order valence-corrected chi connectivity index (χ3v) is 7.72. The van der Waals surface area contributed by atoms with Crippen molar-refractivity contribution in [3.8, 4) is 0 Å².